The van der Waals surface area contributed by atoms with Crippen molar-refractivity contribution in [2.75, 3.05) is 0 Å². The summed E-state index contributed by atoms with van der Waals surface area (Å²) in [5.74, 6) is 4.28. The number of rotatable bonds is 0. The van der Waals surface area contributed by atoms with Gasteiger partial charge in [0.05, 0.1) is 0 Å². The molecule has 0 amide bonds. The van der Waals surface area contributed by atoms with Gasteiger partial charge in [-0.25, -0.2) is 0 Å². The zero-order valence-corrected chi connectivity index (χ0v) is 7.14. The van der Waals surface area contributed by atoms with Crippen LogP contribution in [0.25, 0.3) is 0 Å². The second kappa shape index (κ2) is 2.25. The fraction of sp³-hybridized carbons (Fsp3) is 1.00. The summed E-state index contributed by atoms with van der Waals surface area (Å²) in [5.41, 5.74) is 0. The van der Waals surface area contributed by atoms with Gasteiger partial charge in [0.1, 0.15) is 0 Å². The van der Waals surface area contributed by atoms with Gasteiger partial charge in [0.25, 0.3) is 0 Å². The molecule has 10 heavy (non-hydrogen) atoms. The lowest BCUT2D eigenvalue weighted by atomic mass is 9.87. The molecule has 2 bridgehead atoms. The van der Waals surface area contributed by atoms with Crippen LogP contribution in [0.15, 0.2) is 0 Å². The number of hydrogen-bond donors (Lipinski definition) is 0. The molecule has 0 heterocycles. The van der Waals surface area contributed by atoms with E-state index in [1.54, 1.807) is 6.42 Å². The molecule has 2 saturated carbocycles. The summed E-state index contributed by atoms with van der Waals surface area (Å²) in [6.45, 7) is 4.92. The van der Waals surface area contributed by atoms with Crippen molar-refractivity contribution in [1.29, 1.82) is 0 Å². The summed E-state index contributed by atoms with van der Waals surface area (Å²) in [4.78, 5) is 0. The van der Waals surface area contributed by atoms with Crippen LogP contribution in [-0.4, -0.2) is 0 Å². The summed E-state index contributed by atoms with van der Waals surface area (Å²) in [5, 5.41) is 0. The van der Waals surface area contributed by atoms with Crippen LogP contribution in [0.4, 0.5) is 0 Å². The molecule has 2 aliphatic carbocycles. The topological polar surface area (TPSA) is 0 Å². The molecule has 0 heteroatoms. The Morgan fingerprint density at radius 1 is 0.900 bits per heavy atom. The summed E-state index contributed by atoms with van der Waals surface area (Å²) in [7, 11) is 0. The highest BCUT2D eigenvalue weighted by Crippen LogP contribution is 2.49. The minimum Gasteiger partial charge on any atom is -0.0620 e. The van der Waals surface area contributed by atoms with Gasteiger partial charge in [-0.3, -0.25) is 0 Å². The molecule has 2 fully saturated rings. The molecule has 0 aliphatic heterocycles. The SMILES string of the molecule is C[C@@H]1[C@H]2CCC[C@H](C2)[C@@H]1C. The molecule has 2 aliphatic rings. The van der Waals surface area contributed by atoms with E-state index in [9.17, 15) is 0 Å². The molecule has 4 atom stereocenters. The molecule has 0 unspecified atom stereocenters. The first-order chi connectivity index (χ1) is 4.79. The number of fused-ring (bicyclic) bond motifs is 2. The largest absolute Gasteiger partial charge is 0.0620 e. The molecule has 58 valence electrons. The van der Waals surface area contributed by atoms with Crippen LogP contribution >= 0.6 is 0 Å². The van der Waals surface area contributed by atoms with Crippen molar-refractivity contribution in [3.63, 3.8) is 0 Å². The maximum atomic E-state index is 2.46. The molecule has 0 saturated heterocycles. The maximum absolute atomic E-state index is 2.46. The Balaban J connectivity index is 2.13. The first-order valence-corrected chi connectivity index (χ1v) is 4.79. The molecule has 0 spiro atoms. The molecule has 0 radical (unpaired) electrons. The van der Waals surface area contributed by atoms with Crippen LogP contribution in [0, 0.1) is 23.7 Å². The van der Waals surface area contributed by atoms with Crippen molar-refractivity contribution in [3.8, 4) is 0 Å². The lowest BCUT2D eigenvalue weighted by Gasteiger charge is -2.18. The molecule has 0 nitrogen and oxygen atoms in total. The van der Waals surface area contributed by atoms with Gasteiger partial charge in [-0.2, -0.15) is 0 Å². The lowest BCUT2D eigenvalue weighted by molar-refractivity contribution is 0.333. The zero-order valence-electron chi connectivity index (χ0n) is 7.14. The second-order valence-electron chi connectivity index (χ2n) is 4.40. The molecule has 0 N–H and O–H groups in total. The van der Waals surface area contributed by atoms with Crippen LogP contribution in [0.1, 0.15) is 39.5 Å². The first-order valence-electron chi connectivity index (χ1n) is 4.79. The zero-order chi connectivity index (χ0) is 7.14. The van der Waals surface area contributed by atoms with Crippen molar-refractivity contribution in [1.82, 2.24) is 0 Å². The average Bonchev–Trinajstić information content (AvgIpc) is 2.17. The van der Waals surface area contributed by atoms with E-state index < -0.39 is 0 Å². The fourth-order valence-corrected chi connectivity index (χ4v) is 3.08. The fourth-order valence-electron chi connectivity index (χ4n) is 3.08. The Bertz CT molecular complexity index is 110. The Morgan fingerprint density at radius 3 is 1.80 bits per heavy atom. The van der Waals surface area contributed by atoms with Crippen LogP contribution < -0.4 is 0 Å². The van der Waals surface area contributed by atoms with E-state index in [-0.39, 0.29) is 0 Å². The minimum atomic E-state index is 1.03. The van der Waals surface area contributed by atoms with E-state index in [1.165, 1.54) is 19.3 Å². The lowest BCUT2D eigenvalue weighted by Crippen LogP contribution is -2.07. The highest BCUT2D eigenvalue weighted by atomic mass is 14.4. The summed E-state index contributed by atoms with van der Waals surface area (Å²) in [6.07, 6.45) is 6.14. The van der Waals surface area contributed by atoms with Crippen molar-refractivity contribution >= 4 is 0 Å². The van der Waals surface area contributed by atoms with Gasteiger partial charge >= 0.3 is 0 Å². The highest BCUT2D eigenvalue weighted by Gasteiger charge is 2.39. The van der Waals surface area contributed by atoms with E-state index in [0.717, 1.165) is 23.7 Å². The van der Waals surface area contributed by atoms with Crippen LogP contribution in [0.3, 0.4) is 0 Å². The molecule has 2 rings (SSSR count). The Kier molecular flexibility index (Phi) is 1.51. The third-order valence-electron chi connectivity index (χ3n) is 4.07. The molecular formula is C10H18. The highest BCUT2D eigenvalue weighted by molar-refractivity contribution is 4.89. The van der Waals surface area contributed by atoms with Gasteiger partial charge < -0.3 is 0 Å². The maximum Gasteiger partial charge on any atom is -0.0383 e. The van der Waals surface area contributed by atoms with Crippen molar-refractivity contribution in [2.24, 2.45) is 23.7 Å². The number of hydrogen-bond acceptors (Lipinski definition) is 0. The Labute approximate surface area is 64.0 Å². The van der Waals surface area contributed by atoms with Gasteiger partial charge in [-0.1, -0.05) is 33.1 Å². The molecule has 0 aromatic rings. The van der Waals surface area contributed by atoms with Gasteiger partial charge in [-0.05, 0) is 30.1 Å². The van der Waals surface area contributed by atoms with E-state index in [1.807, 2.05) is 0 Å². The predicted molar refractivity (Wildman–Crippen MR) is 43.8 cm³/mol. The third-order valence-corrected chi connectivity index (χ3v) is 4.07. The third kappa shape index (κ3) is 0.810. The Hall–Kier alpha value is 0. The molecular weight excluding hydrogens is 120 g/mol. The second-order valence-corrected chi connectivity index (χ2v) is 4.40. The van der Waals surface area contributed by atoms with E-state index in [4.69, 9.17) is 0 Å². The van der Waals surface area contributed by atoms with Gasteiger partial charge in [-0.15, -0.1) is 0 Å². The summed E-state index contributed by atoms with van der Waals surface area (Å²) >= 11 is 0. The van der Waals surface area contributed by atoms with E-state index in [0.29, 0.717) is 0 Å². The molecule has 0 aromatic carbocycles. The Morgan fingerprint density at radius 2 is 1.40 bits per heavy atom. The summed E-state index contributed by atoms with van der Waals surface area (Å²) in [6, 6.07) is 0. The van der Waals surface area contributed by atoms with Crippen LogP contribution in [0.5, 0.6) is 0 Å². The van der Waals surface area contributed by atoms with Crippen LogP contribution in [-0.2, 0) is 0 Å². The van der Waals surface area contributed by atoms with Gasteiger partial charge in [0.15, 0.2) is 0 Å². The standard InChI is InChI=1S/C10H18/c1-7-8(2)10-5-3-4-9(7)6-10/h7-10H,3-6H2,1-2H3/t7-,8+,9-,10+. The van der Waals surface area contributed by atoms with Crippen molar-refractivity contribution in [3.05, 3.63) is 0 Å². The van der Waals surface area contributed by atoms with E-state index in [2.05, 4.69) is 13.8 Å². The summed E-state index contributed by atoms with van der Waals surface area (Å²) < 4.78 is 0. The van der Waals surface area contributed by atoms with Crippen molar-refractivity contribution < 1.29 is 0 Å². The minimum absolute atomic E-state index is 1.03. The van der Waals surface area contributed by atoms with Gasteiger partial charge in [0.2, 0.25) is 0 Å². The van der Waals surface area contributed by atoms with Crippen molar-refractivity contribution in [2.45, 2.75) is 39.5 Å². The quantitative estimate of drug-likeness (QED) is 0.482. The molecule has 0 aromatic heterocycles. The average molecular weight is 138 g/mol. The van der Waals surface area contributed by atoms with Gasteiger partial charge in [0, 0.05) is 0 Å². The smallest absolute Gasteiger partial charge is 0.0383 e. The predicted octanol–water partition coefficient (Wildman–Crippen LogP) is 3.08. The van der Waals surface area contributed by atoms with Crippen LogP contribution in [0.2, 0.25) is 0 Å². The van der Waals surface area contributed by atoms with E-state index >= 15 is 0 Å². The normalized spacial score (nSPS) is 53.4. The first kappa shape index (κ1) is 6.69. The monoisotopic (exact) mass is 138 g/mol.